The number of aryl methyl sites for hydroxylation is 2. The maximum atomic E-state index is 5.33. The Hall–Kier alpha value is -2.50. The van der Waals surface area contributed by atoms with E-state index in [1.54, 1.807) is 0 Å². The number of benzene rings is 1. The highest BCUT2D eigenvalue weighted by Gasteiger charge is 2.20. The van der Waals surface area contributed by atoms with Gasteiger partial charge in [-0.25, -0.2) is 0 Å². The number of rotatable bonds is 4. The van der Waals surface area contributed by atoms with Crippen LogP contribution in [0.2, 0.25) is 0 Å². The number of nitrogens with zero attached hydrogens (tertiary/aromatic N) is 4. The van der Waals surface area contributed by atoms with Gasteiger partial charge in [0.05, 0.1) is 12.2 Å². The first-order valence-corrected chi connectivity index (χ1v) is 8.91. The molecule has 0 radical (unpaired) electrons. The van der Waals surface area contributed by atoms with Gasteiger partial charge in [-0.05, 0) is 31.0 Å². The molecule has 1 N–H and O–H groups in total. The Kier molecular flexibility index (Phi) is 5.58. The van der Waals surface area contributed by atoms with Crippen LogP contribution in [0.4, 0.5) is 5.69 Å². The third kappa shape index (κ3) is 4.32. The van der Waals surface area contributed by atoms with Gasteiger partial charge in [0.15, 0.2) is 11.7 Å². The average molecular weight is 341 g/mol. The number of hydrogen-bond acceptors (Lipinski definition) is 4. The van der Waals surface area contributed by atoms with E-state index in [1.807, 2.05) is 13.1 Å². The van der Waals surface area contributed by atoms with Crippen LogP contribution in [0.25, 0.3) is 0 Å². The van der Waals surface area contributed by atoms with Gasteiger partial charge in [-0.3, -0.25) is 4.99 Å². The summed E-state index contributed by atoms with van der Waals surface area (Å²) < 4.78 is 5.33. The van der Waals surface area contributed by atoms with Crippen LogP contribution in [-0.2, 0) is 13.0 Å². The highest BCUT2D eigenvalue weighted by atomic mass is 16.5. The molecule has 1 aliphatic heterocycles. The fourth-order valence-corrected chi connectivity index (χ4v) is 3.11. The van der Waals surface area contributed by atoms with Crippen molar-refractivity contribution in [3.8, 4) is 0 Å². The molecule has 2 aromatic rings. The lowest BCUT2D eigenvalue weighted by Gasteiger charge is -2.37. The number of piperazine rings is 1. The maximum absolute atomic E-state index is 5.33. The van der Waals surface area contributed by atoms with Gasteiger partial charge in [-0.2, -0.15) is 0 Å². The molecule has 134 valence electrons. The normalized spacial score (nSPS) is 15.6. The summed E-state index contributed by atoms with van der Waals surface area (Å²) >= 11 is 0. The minimum atomic E-state index is 0.609. The lowest BCUT2D eigenvalue weighted by atomic mass is 10.2. The van der Waals surface area contributed by atoms with Crippen LogP contribution < -0.4 is 10.2 Å². The highest BCUT2D eigenvalue weighted by Crippen LogP contribution is 2.17. The minimum absolute atomic E-state index is 0.609. The molecule has 25 heavy (non-hydrogen) atoms. The summed E-state index contributed by atoms with van der Waals surface area (Å²) in [5.41, 5.74) is 3.59. The molecule has 0 atom stereocenters. The van der Waals surface area contributed by atoms with Gasteiger partial charge in [0.1, 0.15) is 0 Å². The van der Waals surface area contributed by atoms with Crippen molar-refractivity contribution in [2.24, 2.45) is 4.99 Å². The molecule has 1 fully saturated rings. The smallest absolute Gasteiger partial charge is 0.194 e. The minimum Gasteiger partial charge on any atom is -0.368 e. The number of aliphatic imine (C=N–C) groups is 1. The van der Waals surface area contributed by atoms with E-state index in [2.05, 4.69) is 63.4 Å². The van der Waals surface area contributed by atoms with Crippen LogP contribution in [0, 0.1) is 6.92 Å². The fraction of sp³-hybridized carbons (Fsp3) is 0.474. The number of guanidine groups is 1. The van der Waals surface area contributed by atoms with Crippen LogP contribution in [0.15, 0.2) is 39.8 Å². The Balaban J connectivity index is 1.53. The Morgan fingerprint density at radius 3 is 2.68 bits per heavy atom. The Morgan fingerprint density at radius 2 is 2.04 bits per heavy atom. The summed E-state index contributed by atoms with van der Waals surface area (Å²) in [4.78, 5) is 9.14. The third-order valence-corrected chi connectivity index (χ3v) is 4.55. The molecular weight excluding hydrogens is 314 g/mol. The van der Waals surface area contributed by atoms with Gasteiger partial charge >= 0.3 is 0 Å². The average Bonchev–Trinajstić information content (AvgIpc) is 3.11. The van der Waals surface area contributed by atoms with E-state index >= 15 is 0 Å². The van der Waals surface area contributed by atoms with Crippen LogP contribution in [0.1, 0.15) is 23.9 Å². The van der Waals surface area contributed by atoms with E-state index in [0.717, 1.165) is 50.0 Å². The third-order valence-electron chi connectivity index (χ3n) is 4.55. The lowest BCUT2D eigenvalue weighted by Crippen LogP contribution is -2.52. The highest BCUT2D eigenvalue weighted by molar-refractivity contribution is 5.80. The van der Waals surface area contributed by atoms with Crippen LogP contribution in [0.5, 0.6) is 0 Å². The Bertz CT molecular complexity index is 716. The number of anilines is 1. The summed E-state index contributed by atoms with van der Waals surface area (Å²) in [5.74, 6) is 1.76. The van der Waals surface area contributed by atoms with Crippen molar-refractivity contribution in [1.29, 1.82) is 0 Å². The molecule has 3 rings (SSSR count). The van der Waals surface area contributed by atoms with Gasteiger partial charge in [-0.15, -0.1) is 0 Å². The van der Waals surface area contributed by atoms with Crippen molar-refractivity contribution >= 4 is 11.6 Å². The van der Waals surface area contributed by atoms with E-state index in [0.29, 0.717) is 6.54 Å². The van der Waals surface area contributed by atoms with E-state index in [4.69, 9.17) is 4.52 Å². The summed E-state index contributed by atoms with van der Waals surface area (Å²) in [6.45, 7) is 8.70. The van der Waals surface area contributed by atoms with Crippen LogP contribution >= 0.6 is 0 Å². The van der Waals surface area contributed by atoms with Crippen molar-refractivity contribution in [2.75, 3.05) is 38.1 Å². The molecule has 1 aromatic heterocycles. The first-order valence-electron chi connectivity index (χ1n) is 8.91. The van der Waals surface area contributed by atoms with Gasteiger partial charge in [0, 0.05) is 45.0 Å². The quantitative estimate of drug-likeness (QED) is 0.684. The topological polar surface area (TPSA) is 56.9 Å². The molecule has 1 saturated heterocycles. The maximum Gasteiger partial charge on any atom is 0.194 e. The van der Waals surface area contributed by atoms with Crippen LogP contribution in [-0.4, -0.2) is 49.2 Å². The second-order valence-electron chi connectivity index (χ2n) is 6.35. The number of nitrogens with one attached hydrogen (secondary N) is 1. The summed E-state index contributed by atoms with van der Waals surface area (Å²) in [5, 5.41) is 7.41. The van der Waals surface area contributed by atoms with E-state index in [9.17, 15) is 0 Å². The number of hydrogen-bond donors (Lipinski definition) is 1. The zero-order chi connectivity index (χ0) is 17.6. The Labute approximate surface area is 149 Å². The second-order valence-corrected chi connectivity index (χ2v) is 6.35. The monoisotopic (exact) mass is 341 g/mol. The molecule has 0 amide bonds. The standard InChI is InChI=1S/C19H27N5O/c1-4-16-13-18(25-22-16)14-21-19(20-3)24-10-8-23(9-11-24)17-7-5-6-15(2)12-17/h5-7,12-13H,4,8-11,14H2,1-3H3,(H,20,21). The summed E-state index contributed by atoms with van der Waals surface area (Å²) in [6, 6.07) is 10.7. The summed E-state index contributed by atoms with van der Waals surface area (Å²) in [6.07, 6.45) is 0.888. The van der Waals surface area contributed by atoms with Gasteiger partial charge in [0.2, 0.25) is 0 Å². The molecule has 1 aromatic carbocycles. The molecule has 1 aliphatic rings. The summed E-state index contributed by atoms with van der Waals surface area (Å²) in [7, 11) is 1.83. The zero-order valence-electron chi connectivity index (χ0n) is 15.3. The molecule has 0 saturated carbocycles. The molecule has 6 nitrogen and oxygen atoms in total. The van der Waals surface area contributed by atoms with Gasteiger partial charge in [0.25, 0.3) is 0 Å². The van der Waals surface area contributed by atoms with Crippen molar-refractivity contribution in [2.45, 2.75) is 26.8 Å². The van der Waals surface area contributed by atoms with Crippen molar-refractivity contribution < 1.29 is 4.52 Å². The van der Waals surface area contributed by atoms with Gasteiger partial charge in [-0.1, -0.05) is 24.2 Å². The molecule has 2 heterocycles. The fourth-order valence-electron chi connectivity index (χ4n) is 3.11. The second kappa shape index (κ2) is 8.05. The number of aromatic nitrogens is 1. The molecule has 6 heteroatoms. The molecule has 0 bridgehead atoms. The SMILES string of the molecule is CCc1cc(CNC(=NC)N2CCN(c3cccc(C)c3)CC2)on1. The predicted octanol–water partition coefficient (Wildman–Crippen LogP) is 2.44. The van der Waals surface area contributed by atoms with E-state index < -0.39 is 0 Å². The molecule has 0 spiro atoms. The zero-order valence-corrected chi connectivity index (χ0v) is 15.3. The van der Waals surface area contributed by atoms with Crippen molar-refractivity contribution in [1.82, 2.24) is 15.4 Å². The first-order chi connectivity index (χ1) is 12.2. The van der Waals surface area contributed by atoms with E-state index in [1.165, 1.54) is 11.3 Å². The van der Waals surface area contributed by atoms with Gasteiger partial charge < -0.3 is 19.6 Å². The van der Waals surface area contributed by atoms with Crippen molar-refractivity contribution in [3.63, 3.8) is 0 Å². The molecular formula is C19H27N5O. The van der Waals surface area contributed by atoms with Crippen molar-refractivity contribution in [3.05, 3.63) is 47.3 Å². The predicted molar refractivity (Wildman–Crippen MR) is 101 cm³/mol. The largest absolute Gasteiger partial charge is 0.368 e. The van der Waals surface area contributed by atoms with Crippen LogP contribution in [0.3, 0.4) is 0 Å². The molecule has 0 aliphatic carbocycles. The Morgan fingerprint density at radius 1 is 1.24 bits per heavy atom. The molecule has 0 unspecified atom stereocenters. The first kappa shape index (κ1) is 17.3. The van der Waals surface area contributed by atoms with E-state index in [-0.39, 0.29) is 0 Å². The lowest BCUT2D eigenvalue weighted by molar-refractivity contribution is 0.356.